The number of hydrogen-bond acceptors (Lipinski definition) is 5. The van der Waals surface area contributed by atoms with E-state index in [2.05, 4.69) is 0 Å². The number of rotatable bonds is 6. The predicted molar refractivity (Wildman–Crippen MR) is 59.6 cm³/mol. The summed E-state index contributed by atoms with van der Waals surface area (Å²) in [5.74, 6) is -1.07. The first-order valence-electron chi connectivity index (χ1n) is 5.45. The first kappa shape index (κ1) is 14.9. The molecule has 16 heavy (non-hydrogen) atoms. The molecule has 0 fully saturated rings. The van der Waals surface area contributed by atoms with Crippen molar-refractivity contribution in [1.29, 1.82) is 0 Å². The normalized spacial score (nSPS) is 12.7. The highest BCUT2D eigenvalue weighted by atomic mass is 16.6. The summed E-state index contributed by atoms with van der Waals surface area (Å²) in [4.78, 5) is 22.5. The van der Waals surface area contributed by atoms with Gasteiger partial charge in [-0.05, 0) is 0 Å². The van der Waals surface area contributed by atoms with Crippen molar-refractivity contribution in [2.75, 3.05) is 13.2 Å². The summed E-state index contributed by atoms with van der Waals surface area (Å²) in [6.45, 7) is 7.10. The van der Waals surface area contributed by atoms with Gasteiger partial charge in [0.1, 0.15) is 12.7 Å². The van der Waals surface area contributed by atoms with E-state index >= 15 is 0 Å². The zero-order valence-electron chi connectivity index (χ0n) is 10.4. The Morgan fingerprint density at radius 1 is 1.06 bits per heavy atom. The number of ether oxygens (including phenoxy) is 2. The van der Waals surface area contributed by atoms with Crippen LogP contribution in [0.5, 0.6) is 0 Å². The molecule has 0 aromatic carbocycles. The molecule has 2 N–H and O–H groups in total. The van der Waals surface area contributed by atoms with Crippen LogP contribution in [0.1, 0.15) is 27.7 Å². The second kappa shape index (κ2) is 7.22. The number of nitrogens with two attached hydrogens (primary N) is 1. The maximum Gasteiger partial charge on any atom is 0.308 e. The molecule has 0 saturated heterocycles. The van der Waals surface area contributed by atoms with Crippen LogP contribution >= 0.6 is 0 Å². The quantitative estimate of drug-likeness (QED) is 0.681. The molecule has 1 atom stereocenters. The Labute approximate surface area is 96.3 Å². The third kappa shape index (κ3) is 5.70. The van der Waals surface area contributed by atoms with Crippen molar-refractivity contribution in [3.63, 3.8) is 0 Å². The molecule has 0 aliphatic carbocycles. The topological polar surface area (TPSA) is 78.6 Å². The van der Waals surface area contributed by atoms with Crippen molar-refractivity contribution < 1.29 is 19.1 Å². The van der Waals surface area contributed by atoms with Crippen LogP contribution in [0, 0.1) is 11.8 Å². The number of carbonyl (C=O) groups excluding carboxylic acids is 2. The number of hydrogen-bond donors (Lipinski definition) is 1. The summed E-state index contributed by atoms with van der Waals surface area (Å²) in [7, 11) is 0. The van der Waals surface area contributed by atoms with E-state index in [0.29, 0.717) is 0 Å². The molecule has 0 aromatic heterocycles. The molecule has 0 amide bonds. The maximum absolute atomic E-state index is 11.3. The molecule has 0 bridgehead atoms. The lowest BCUT2D eigenvalue weighted by molar-refractivity contribution is -0.162. The van der Waals surface area contributed by atoms with Gasteiger partial charge in [-0.2, -0.15) is 0 Å². The van der Waals surface area contributed by atoms with Gasteiger partial charge in [-0.3, -0.25) is 9.59 Å². The van der Waals surface area contributed by atoms with Gasteiger partial charge in [0.25, 0.3) is 0 Å². The lowest BCUT2D eigenvalue weighted by Gasteiger charge is -2.18. The van der Waals surface area contributed by atoms with Crippen LogP contribution in [-0.4, -0.2) is 31.2 Å². The second-order valence-corrected chi connectivity index (χ2v) is 4.23. The monoisotopic (exact) mass is 231 g/mol. The maximum atomic E-state index is 11.3. The molecule has 0 spiro atoms. The average molecular weight is 231 g/mol. The molecule has 1 unspecified atom stereocenters. The molecule has 0 rings (SSSR count). The Morgan fingerprint density at radius 3 is 1.94 bits per heavy atom. The van der Waals surface area contributed by atoms with E-state index < -0.39 is 6.10 Å². The Bertz CT molecular complexity index is 238. The minimum atomic E-state index is -0.558. The molecule has 0 aromatic rings. The van der Waals surface area contributed by atoms with E-state index in [1.54, 1.807) is 27.7 Å². The van der Waals surface area contributed by atoms with Crippen molar-refractivity contribution >= 4 is 11.9 Å². The van der Waals surface area contributed by atoms with Gasteiger partial charge in [0, 0.05) is 6.54 Å². The summed E-state index contributed by atoms with van der Waals surface area (Å²) in [6, 6.07) is 0. The van der Waals surface area contributed by atoms with Crippen molar-refractivity contribution in [1.82, 2.24) is 0 Å². The van der Waals surface area contributed by atoms with Crippen LogP contribution in [0.25, 0.3) is 0 Å². The van der Waals surface area contributed by atoms with Crippen molar-refractivity contribution in [2.45, 2.75) is 33.8 Å². The fraction of sp³-hybridized carbons (Fsp3) is 0.818. The van der Waals surface area contributed by atoms with Crippen LogP contribution in [0.15, 0.2) is 0 Å². The lowest BCUT2D eigenvalue weighted by atomic mass is 10.2. The number of esters is 2. The summed E-state index contributed by atoms with van der Waals surface area (Å²) >= 11 is 0. The highest BCUT2D eigenvalue weighted by Gasteiger charge is 2.18. The first-order chi connectivity index (χ1) is 7.38. The largest absolute Gasteiger partial charge is 0.461 e. The molecule has 0 saturated carbocycles. The zero-order chi connectivity index (χ0) is 12.7. The molecule has 0 heterocycles. The zero-order valence-corrected chi connectivity index (χ0v) is 10.4. The van der Waals surface area contributed by atoms with Crippen LogP contribution in [-0.2, 0) is 19.1 Å². The predicted octanol–water partition coefficient (Wildman–Crippen LogP) is 0.712. The van der Waals surface area contributed by atoms with Gasteiger partial charge in [-0.15, -0.1) is 0 Å². The van der Waals surface area contributed by atoms with Gasteiger partial charge >= 0.3 is 11.9 Å². The minimum Gasteiger partial charge on any atom is -0.461 e. The lowest BCUT2D eigenvalue weighted by Crippen LogP contribution is -2.34. The molecule has 5 nitrogen and oxygen atoms in total. The number of carbonyl (C=O) groups is 2. The molecule has 0 radical (unpaired) electrons. The smallest absolute Gasteiger partial charge is 0.308 e. The second-order valence-electron chi connectivity index (χ2n) is 4.23. The summed E-state index contributed by atoms with van der Waals surface area (Å²) < 4.78 is 9.99. The van der Waals surface area contributed by atoms with Crippen molar-refractivity contribution in [3.05, 3.63) is 0 Å². The Kier molecular flexibility index (Phi) is 6.72. The van der Waals surface area contributed by atoms with Crippen LogP contribution in [0.3, 0.4) is 0 Å². The fourth-order valence-corrected chi connectivity index (χ4v) is 0.792. The summed E-state index contributed by atoms with van der Waals surface area (Å²) in [6.07, 6.45) is -0.558. The van der Waals surface area contributed by atoms with Crippen molar-refractivity contribution in [2.24, 2.45) is 17.6 Å². The molecule has 94 valence electrons. The molecular formula is C11H21NO4. The van der Waals surface area contributed by atoms with E-state index in [0.717, 1.165) is 0 Å². The Balaban J connectivity index is 4.02. The van der Waals surface area contributed by atoms with Gasteiger partial charge < -0.3 is 15.2 Å². The summed E-state index contributed by atoms with van der Waals surface area (Å²) in [5.41, 5.74) is 5.42. The third-order valence-electron chi connectivity index (χ3n) is 1.90. The van der Waals surface area contributed by atoms with Crippen molar-refractivity contribution in [3.8, 4) is 0 Å². The Hall–Kier alpha value is -1.10. The van der Waals surface area contributed by atoms with Crippen LogP contribution < -0.4 is 5.73 Å². The average Bonchev–Trinajstić information content (AvgIpc) is 2.22. The van der Waals surface area contributed by atoms with Crippen LogP contribution in [0.4, 0.5) is 0 Å². The van der Waals surface area contributed by atoms with E-state index in [1.807, 2.05) is 0 Å². The van der Waals surface area contributed by atoms with Crippen LogP contribution in [0.2, 0.25) is 0 Å². The standard InChI is InChI=1S/C11H21NO4/c1-7(2)10(13)15-6-9(5-12)16-11(14)8(3)4/h7-9H,5-6,12H2,1-4H3. The highest BCUT2D eigenvalue weighted by molar-refractivity contribution is 5.72. The fourth-order valence-electron chi connectivity index (χ4n) is 0.792. The van der Waals surface area contributed by atoms with Gasteiger partial charge in [-0.25, -0.2) is 0 Å². The van der Waals surface area contributed by atoms with E-state index in [4.69, 9.17) is 15.2 Å². The van der Waals surface area contributed by atoms with Gasteiger partial charge in [0.2, 0.25) is 0 Å². The van der Waals surface area contributed by atoms with E-state index in [9.17, 15) is 9.59 Å². The molecular weight excluding hydrogens is 210 g/mol. The SMILES string of the molecule is CC(C)C(=O)OCC(CN)OC(=O)C(C)C. The molecule has 5 heteroatoms. The molecule has 0 aliphatic rings. The van der Waals surface area contributed by atoms with Gasteiger partial charge in [0.15, 0.2) is 0 Å². The third-order valence-corrected chi connectivity index (χ3v) is 1.90. The van der Waals surface area contributed by atoms with Gasteiger partial charge in [-0.1, -0.05) is 27.7 Å². The van der Waals surface area contributed by atoms with E-state index in [-0.39, 0.29) is 36.9 Å². The highest BCUT2D eigenvalue weighted by Crippen LogP contribution is 2.02. The summed E-state index contributed by atoms with van der Waals surface area (Å²) in [5, 5.41) is 0. The van der Waals surface area contributed by atoms with E-state index in [1.165, 1.54) is 0 Å². The molecule has 0 aliphatic heterocycles. The Morgan fingerprint density at radius 2 is 1.56 bits per heavy atom. The first-order valence-corrected chi connectivity index (χ1v) is 5.45. The van der Waals surface area contributed by atoms with Gasteiger partial charge in [0.05, 0.1) is 11.8 Å². The minimum absolute atomic E-state index is 0.0198.